The van der Waals surface area contributed by atoms with Crippen molar-refractivity contribution >= 4 is 29.2 Å². The number of carbonyl (C=O) groups excluding carboxylic acids is 2. The van der Waals surface area contributed by atoms with Gasteiger partial charge in [-0.2, -0.15) is 11.8 Å². The number of carbonyl (C=O) groups is 2. The molecule has 7 heteroatoms. The lowest BCUT2D eigenvalue weighted by atomic mass is 9.67. The van der Waals surface area contributed by atoms with Crippen LogP contribution >= 0.6 is 11.8 Å². The number of nitrogens with zero attached hydrogens (tertiary/aromatic N) is 1. The second-order valence-electron chi connectivity index (χ2n) is 8.99. The third-order valence-electron chi connectivity index (χ3n) is 5.99. The first-order valence-electron chi connectivity index (χ1n) is 10.8. The summed E-state index contributed by atoms with van der Waals surface area (Å²) in [6.45, 7) is 8.63. The zero-order valence-corrected chi connectivity index (χ0v) is 19.3. The van der Waals surface area contributed by atoms with Crippen LogP contribution in [-0.2, 0) is 14.3 Å². The highest BCUT2D eigenvalue weighted by molar-refractivity contribution is 7.99. The maximum absolute atomic E-state index is 13.3. The summed E-state index contributed by atoms with van der Waals surface area (Å²) in [6, 6.07) is 5.65. The standard InChI is InChI=1S/C24H29NO5S/c1-5-31-9-8-28-23(27)20-14(2)25-16-11-24(3,4)12-17(26)22(16)21(20)15-6-7-18-19(10-15)30-13-29-18/h6-7,10,20-21H,5,8-9,11-13H2,1-4H3/t20?,21-/m1/s1. The van der Waals surface area contributed by atoms with Gasteiger partial charge in [0.2, 0.25) is 6.79 Å². The zero-order valence-electron chi connectivity index (χ0n) is 18.5. The minimum Gasteiger partial charge on any atom is -0.464 e. The van der Waals surface area contributed by atoms with E-state index in [2.05, 4.69) is 20.8 Å². The Morgan fingerprint density at radius 3 is 2.81 bits per heavy atom. The highest BCUT2D eigenvalue weighted by Gasteiger charge is 2.46. The van der Waals surface area contributed by atoms with Crippen LogP contribution in [0.5, 0.6) is 11.5 Å². The van der Waals surface area contributed by atoms with E-state index in [0.29, 0.717) is 42.2 Å². The minimum atomic E-state index is -0.629. The summed E-state index contributed by atoms with van der Waals surface area (Å²) in [5.41, 5.74) is 2.84. The lowest BCUT2D eigenvalue weighted by Crippen LogP contribution is -2.39. The average Bonchev–Trinajstić information content (AvgIpc) is 3.16. The molecule has 6 nitrogen and oxygen atoms in total. The molecule has 0 aromatic heterocycles. The highest BCUT2D eigenvalue weighted by Crippen LogP contribution is 2.49. The number of hydrogen-bond donors (Lipinski definition) is 0. The second-order valence-corrected chi connectivity index (χ2v) is 10.4. The van der Waals surface area contributed by atoms with E-state index in [1.807, 2.05) is 25.1 Å². The Bertz CT molecular complexity index is 965. The summed E-state index contributed by atoms with van der Waals surface area (Å²) >= 11 is 1.73. The molecule has 0 fully saturated rings. The van der Waals surface area contributed by atoms with Gasteiger partial charge in [0.15, 0.2) is 17.3 Å². The van der Waals surface area contributed by atoms with Gasteiger partial charge in [-0.05, 0) is 42.2 Å². The Kier molecular flexibility index (Phi) is 6.15. The fourth-order valence-electron chi connectivity index (χ4n) is 4.65. The second kappa shape index (κ2) is 8.69. The molecule has 0 saturated heterocycles. The van der Waals surface area contributed by atoms with E-state index in [0.717, 1.165) is 22.8 Å². The molecule has 1 aromatic carbocycles. The van der Waals surface area contributed by atoms with Gasteiger partial charge in [0, 0.05) is 35.1 Å². The van der Waals surface area contributed by atoms with Crippen molar-refractivity contribution in [1.82, 2.24) is 0 Å². The number of hydrogen-bond acceptors (Lipinski definition) is 7. The quantitative estimate of drug-likeness (QED) is 0.475. The van der Waals surface area contributed by atoms with Crippen molar-refractivity contribution in [3.05, 3.63) is 35.0 Å². The molecule has 0 amide bonds. The van der Waals surface area contributed by atoms with Crippen LogP contribution < -0.4 is 9.47 Å². The van der Waals surface area contributed by atoms with E-state index in [9.17, 15) is 9.59 Å². The number of benzene rings is 1. The maximum atomic E-state index is 13.3. The number of ether oxygens (including phenoxy) is 3. The van der Waals surface area contributed by atoms with Crippen LogP contribution in [0.3, 0.4) is 0 Å². The first-order valence-corrected chi connectivity index (χ1v) is 11.9. The zero-order chi connectivity index (χ0) is 22.2. The molecule has 31 heavy (non-hydrogen) atoms. The van der Waals surface area contributed by atoms with Crippen LogP contribution in [-0.4, -0.2) is 42.4 Å². The number of fused-ring (bicyclic) bond motifs is 1. The fourth-order valence-corrected chi connectivity index (χ4v) is 5.14. The number of aliphatic imine (C=N–C) groups is 1. The van der Waals surface area contributed by atoms with Gasteiger partial charge in [-0.1, -0.05) is 26.8 Å². The molecule has 2 heterocycles. The minimum absolute atomic E-state index is 0.0597. The van der Waals surface area contributed by atoms with Gasteiger partial charge in [0.25, 0.3) is 0 Å². The molecule has 4 rings (SSSR count). The summed E-state index contributed by atoms with van der Waals surface area (Å²) in [6.07, 6.45) is 1.15. The van der Waals surface area contributed by atoms with Crippen molar-refractivity contribution < 1.29 is 23.8 Å². The number of esters is 1. The lowest BCUT2D eigenvalue weighted by molar-refractivity contribution is -0.145. The van der Waals surface area contributed by atoms with Crippen LogP contribution in [0.4, 0.5) is 0 Å². The Morgan fingerprint density at radius 1 is 1.26 bits per heavy atom. The molecule has 0 N–H and O–H groups in total. The normalized spacial score (nSPS) is 24.0. The smallest absolute Gasteiger partial charge is 0.315 e. The van der Waals surface area contributed by atoms with Crippen molar-refractivity contribution in [3.8, 4) is 11.5 Å². The number of ketones is 1. The molecular weight excluding hydrogens is 414 g/mol. The van der Waals surface area contributed by atoms with Gasteiger partial charge in [0.05, 0.1) is 0 Å². The van der Waals surface area contributed by atoms with Crippen LogP contribution in [0.15, 0.2) is 34.5 Å². The van der Waals surface area contributed by atoms with Gasteiger partial charge in [0.1, 0.15) is 12.5 Å². The summed E-state index contributed by atoms with van der Waals surface area (Å²) in [5, 5.41) is 0. The van der Waals surface area contributed by atoms with E-state index in [-0.39, 0.29) is 24.0 Å². The Hall–Kier alpha value is -2.28. The van der Waals surface area contributed by atoms with Crippen molar-refractivity contribution in [2.75, 3.05) is 24.9 Å². The van der Waals surface area contributed by atoms with Crippen LogP contribution in [0, 0.1) is 11.3 Å². The summed E-state index contributed by atoms with van der Waals surface area (Å²) in [7, 11) is 0. The molecule has 1 aromatic rings. The molecule has 166 valence electrons. The average molecular weight is 444 g/mol. The van der Waals surface area contributed by atoms with Crippen LogP contribution in [0.2, 0.25) is 0 Å². The molecule has 0 bridgehead atoms. The Balaban J connectivity index is 1.74. The Labute approximate surface area is 187 Å². The van der Waals surface area contributed by atoms with Crippen molar-refractivity contribution in [3.63, 3.8) is 0 Å². The van der Waals surface area contributed by atoms with Crippen molar-refractivity contribution in [2.24, 2.45) is 16.3 Å². The van der Waals surface area contributed by atoms with E-state index in [4.69, 9.17) is 19.2 Å². The van der Waals surface area contributed by atoms with Gasteiger partial charge < -0.3 is 14.2 Å². The van der Waals surface area contributed by atoms with Crippen LogP contribution in [0.1, 0.15) is 52.0 Å². The largest absolute Gasteiger partial charge is 0.464 e. The predicted molar refractivity (Wildman–Crippen MR) is 121 cm³/mol. The fraction of sp³-hybridized carbons (Fsp3) is 0.542. The predicted octanol–water partition coefficient (Wildman–Crippen LogP) is 4.53. The van der Waals surface area contributed by atoms with E-state index >= 15 is 0 Å². The molecule has 3 aliphatic rings. The maximum Gasteiger partial charge on any atom is 0.315 e. The highest BCUT2D eigenvalue weighted by atomic mass is 32.2. The van der Waals surface area contributed by atoms with E-state index < -0.39 is 11.8 Å². The first-order chi connectivity index (χ1) is 14.8. The lowest BCUT2D eigenvalue weighted by Gasteiger charge is -2.39. The number of allylic oxidation sites excluding steroid dienone is 2. The monoisotopic (exact) mass is 443 g/mol. The third-order valence-corrected chi connectivity index (χ3v) is 6.85. The number of thioether (sulfide) groups is 1. The number of rotatable bonds is 6. The molecule has 1 aliphatic carbocycles. The van der Waals surface area contributed by atoms with Gasteiger partial charge >= 0.3 is 5.97 Å². The molecule has 0 spiro atoms. The molecular formula is C24H29NO5S. The SMILES string of the molecule is CCSCCOC(=O)C1C(C)=NC2=C(C(=O)CC(C)(C)C2)[C@@H]1c1ccc2c(c1)OCO2. The van der Waals surface area contributed by atoms with Crippen molar-refractivity contribution in [2.45, 2.75) is 46.5 Å². The molecule has 0 radical (unpaired) electrons. The Morgan fingerprint density at radius 2 is 2.03 bits per heavy atom. The molecule has 0 saturated carbocycles. The first kappa shape index (κ1) is 21.9. The van der Waals surface area contributed by atoms with E-state index in [1.165, 1.54) is 0 Å². The summed E-state index contributed by atoms with van der Waals surface area (Å²) < 4.78 is 16.6. The van der Waals surface area contributed by atoms with E-state index in [1.54, 1.807) is 11.8 Å². The van der Waals surface area contributed by atoms with Gasteiger partial charge in [-0.3, -0.25) is 14.6 Å². The summed E-state index contributed by atoms with van der Waals surface area (Å²) in [4.78, 5) is 31.3. The topological polar surface area (TPSA) is 74.2 Å². The molecule has 2 aliphatic heterocycles. The third kappa shape index (κ3) is 4.38. The molecule has 1 unspecified atom stereocenters. The van der Waals surface area contributed by atoms with Gasteiger partial charge in [-0.15, -0.1) is 0 Å². The van der Waals surface area contributed by atoms with Crippen molar-refractivity contribution in [1.29, 1.82) is 0 Å². The van der Waals surface area contributed by atoms with Crippen LogP contribution in [0.25, 0.3) is 0 Å². The summed E-state index contributed by atoms with van der Waals surface area (Å²) in [5.74, 6) is 1.70. The molecule has 2 atom stereocenters. The number of Topliss-reactive ketones (excluding diaryl/α,β-unsaturated/α-hetero) is 1. The van der Waals surface area contributed by atoms with Gasteiger partial charge in [-0.25, -0.2) is 0 Å².